The second-order valence-electron chi connectivity index (χ2n) is 1.96. The SMILES string of the molecule is S=C([S-])N1CCCC1.[Zn]. The van der Waals surface area contributed by atoms with E-state index in [0.717, 1.165) is 13.1 Å². The molecule has 0 amide bonds. The molecule has 0 N–H and O–H groups in total. The predicted molar refractivity (Wildman–Crippen MR) is 40.8 cm³/mol. The molecule has 0 aromatic rings. The van der Waals surface area contributed by atoms with Crippen molar-refractivity contribution in [2.45, 2.75) is 12.8 Å². The summed E-state index contributed by atoms with van der Waals surface area (Å²) < 4.78 is 0.641. The molecule has 0 aromatic carbocycles. The van der Waals surface area contributed by atoms with Crippen LogP contribution in [0.25, 0.3) is 0 Å². The number of rotatable bonds is 0. The summed E-state index contributed by atoms with van der Waals surface area (Å²) in [6, 6.07) is 0. The van der Waals surface area contributed by atoms with Gasteiger partial charge >= 0.3 is 0 Å². The van der Waals surface area contributed by atoms with Gasteiger partial charge in [-0.15, -0.1) is 0 Å². The van der Waals surface area contributed by atoms with E-state index in [0.29, 0.717) is 4.32 Å². The van der Waals surface area contributed by atoms with Gasteiger partial charge in [0.1, 0.15) is 0 Å². The van der Waals surface area contributed by atoms with Gasteiger partial charge in [-0.3, -0.25) is 0 Å². The van der Waals surface area contributed by atoms with Crippen LogP contribution in [0.1, 0.15) is 12.8 Å². The van der Waals surface area contributed by atoms with Crippen molar-refractivity contribution in [1.82, 2.24) is 4.90 Å². The van der Waals surface area contributed by atoms with Crippen LogP contribution in [-0.2, 0) is 32.1 Å². The van der Waals surface area contributed by atoms with Gasteiger partial charge in [-0.05, 0) is 12.8 Å². The number of hydrogen-bond acceptors (Lipinski definition) is 2. The minimum absolute atomic E-state index is 0. The van der Waals surface area contributed by atoms with E-state index in [1.165, 1.54) is 12.8 Å². The zero-order chi connectivity index (χ0) is 5.98. The number of nitrogens with zero attached hydrogens (tertiary/aromatic N) is 1. The van der Waals surface area contributed by atoms with Crippen LogP contribution in [0.5, 0.6) is 0 Å². The number of likely N-dealkylation sites (tertiary alicyclic amines) is 1. The van der Waals surface area contributed by atoms with E-state index < -0.39 is 0 Å². The molecule has 1 fully saturated rings. The molecule has 4 heteroatoms. The van der Waals surface area contributed by atoms with Crippen LogP contribution in [0.4, 0.5) is 0 Å². The average Bonchev–Trinajstić information content (AvgIpc) is 2.12. The van der Waals surface area contributed by atoms with Crippen LogP contribution in [-0.4, -0.2) is 22.3 Å². The third-order valence-corrected chi connectivity index (χ3v) is 1.88. The molecule has 1 heterocycles. The summed E-state index contributed by atoms with van der Waals surface area (Å²) in [7, 11) is 0. The monoisotopic (exact) mass is 210 g/mol. The summed E-state index contributed by atoms with van der Waals surface area (Å²) in [6.07, 6.45) is 2.52. The van der Waals surface area contributed by atoms with Gasteiger partial charge < -0.3 is 29.7 Å². The maximum absolute atomic E-state index is 4.80. The van der Waals surface area contributed by atoms with Crippen molar-refractivity contribution in [3.63, 3.8) is 0 Å². The largest absolute Gasteiger partial charge is 0.411 e. The van der Waals surface area contributed by atoms with E-state index in [9.17, 15) is 0 Å². The molecule has 1 nitrogen and oxygen atoms in total. The average molecular weight is 212 g/mol. The van der Waals surface area contributed by atoms with E-state index in [1.54, 1.807) is 0 Å². The number of thiocarbonyl (C=S) groups is 1. The van der Waals surface area contributed by atoms with Gasteiger partial charge in [0.25, 0.3) is 0 Å². The smallest absolute Gasteiger partial charge is 0.0163 e. The molecular weight excluding hydrogens is 204 g/mol. The molecule has 1 rings (SSSR count). The van der Waals surface area contributed by atoms with Crippen LogP contribution in [0.15, 0.2) is 0 Å². The normalized spacial score (nSPS) is 17.1. The Morgan fingerprint density at radius 2 is 1.78 bits per heavy atom. The van der Waals surface area contributed by atoms with Crippen molar-refractivity contribution in [2.24, 2.45) is 0 Å². The van der Waals surface area contributed by atoms with Crippen molar-refractivity contribution >= 4 is 29.2 Å². The molecule has 1 aliphatic rings. The third kappa shape index (κ3) is 2.88. The molecule has 0 aromatic heterocycles. The Hall–Kier alpha value is 0.733. The van der Waals surface area contributed by atoms with E-state index in [1.807, 2.05) is 0 Å². The Morgan fingerprint density at radius 1 is 1.33 bits per heavy atom. The Labute approximate surface area is 79.4 Å². The van der Waals surface area contributed by atoms with Gasteiger partial charge in [0.05, 0.1) is 0 Å². The van der Waals surface area contributed by atoms with Crippen LogP contribution in [0.2, 0.25) is 0 Å². The molecule has 48 valence electrons. The van der Waals surface area contributed by atoms with Gasteiger partial charge in [0.15, 0.2) is 0 Å². The molecular formula is C5H8NS2Zn-. The second kappa shape index (κ2) is 4.53. The molecule has 0 spiro atoms. The molecule has 0 saturated carbocycles. The van der Waals surface area contributed by atoms with Gasteiger partial charge in [-0.1, -0.05) is 4.32 Å². The molecule has 0 aliphatic carbocycles. The Kier molecular flexibility index (Phi) is 4.90. The molecule has 0 radical (unpaired) electrons. The Morgan fingerprint density at radius 3 is 2.00 bits per heavy atom. The van der Waals surface area contributed by atoms with Gasteiger partial charge in [0, 0.05) is 32.6 Å². The molecule has 0 bridgehead atoms. The first-order valence-electron chi connectivity index (χ1n) is 2.76. The van der Waals surface area contributed by atoms with Gasteiger partial charge in [-0.2, -0.15) is 0 Å². The summed E-state index contributed by atoms with van der Waals surface area (Å²) in [6.45, 7) is 2.17. The fourth-order valence-corrected chi connectivity index (χ4v) is 1.26. The van der Waals surface area contributed by atoms with E-state index in [2.05, 4.69) is 4.90 Å². The maximum atomic E-state index is 4.80. The topological polar surface area (TPSA) is 3.24 Å². The van der Waals surface area contributed by atoms with Crippen LogP contribution >= 0.6 is 12.2 Å². The summed E-state index contributed by atoms with van der Waals surface area (Å²) in [5.41, 5.74) is 0. The van der Waals surface area contributed by atoms with Crippen molar-refractivity contribution in [2.75, 3.05) is 13.1 Å². The quantitative estimate of drug-likeness (QED) is 0.333. The number of hydrogen-bond donors (Lipinski definition) is 0. The fraction of sp³-hybridized carbons (Fsp3) is 0.800. The summed E-state index contributed by atoms with van der Waals surface area (Å²) in [5, 5.41) is 0. The first-order valence-corrected chi connectivity index (χ1v) is 3.58. The van der Waals surface area contributed by atoms with Crippen LogP contribution < -0.4 is 0 Å². The Bertz CT molecular complexity index is 101. The van der Waals surface area contributed by atoms with Crippen LogP contribution in [0, 0.1) is 0 Å². The van der Waals surface area contributed by atoms with Crippen LogP contribution in [0.3, 0.4) is 0 Å². The van der Waals surface area contributed by atoms with Crippen molar-refractivity contribution in [3.8, 4) is 0 Å². The first-order chi connectivity index (χ1) is 3.80. The predicted octanol–water partition coefficient (Wildman–Crippen LogP) is 0.911. The van der Waals surface area contributed by atoms with Crippen molar-refractivity contribution in [3.05, 3.63) is 0 Å². The fourth-order valence-electron chi connectivity index (χ4n) is 0.900. The first kappa shape index (κ1) is 9.73. The van der Waals surface area contributed by atoms with E-state index in [-0.39, 0.29) is 19.5 Å². The third-order valence-electron chi connectivity index (χ3n) is 1.36. The standard InChI is InChI=1S/C5H9NS2.Zn/c7-5(8)6-3-1-2-4-6;/h1-4H2,(H,7,8);/p-1. The molecule has 9 heavy (non-hydrogen) atoms. The second-order valence-corrected chi connectivity index (χ2v) is 2.99. The summed E-state index contributed by atoms with van der Waals surface area (Å²) in [5.74, 6) is 0. The summed E-state index contributed by atoms with van der Waals surface area (Å²) in [4.78, 5) is 2.07. The van der Waals surface area contributed by atoms with Gasteiger partial charge in [0.2, 0.25) is 0 Å². The molecule has 0 atom stereocenters. The zero-order valence-corrected chi connectivity index (χ0v) is 9.90. The minimum Gasteiger partial charge on any atom is -0.411 e. The molecule has 1 saturated heterocycles. The summed E-state index contributed by atoms with van der Waals surface area (Å²) >= 11 is 9.59. The van der Waals surface area contributed by atoms with Crippen molar-refractivity contribution < 1.29 is 19.5 Å². The maximum Gasteiger partial charge on any atom is 0.0163 e. The zero-order valence-electron chi connectivity index (χ0n) is 5.30. The van der Waals surface area contributed by atoms with E-state index in [4.69, 9.17) is 24.8 Å². The van der Waals surface area contributed by atoms with E-state index >= 15 is 0 Å². The van der Waals surface area contributed by atoms with Gasteiger partial charge in [-0.25, -0.2) is 0 Å². The molecule has 0 unspecified atom stereocenters. The van der Waals surface area contributed by atoms with Crippen molar-refractivity contribution in [1.29, 1.82) is 0 Å². The molecule has 1 aliphatic heterocycles. The Balaban J connectivity index is 0.000000640. The minimum atomic E-state index is 0.